The van der Waals surface area contributed by atoms with Crippen molar-refractivity contribution in [2.45, 2.75) is 6.92 Å². The van der Waals surface area contributed by atoms with Gasteiger partial charge < -0.3 is 21.5 Å². The Morgan fingerprint density at radius 1 is 0.938 bits per heavy atom. The first-order valence-corrected chi connectivity index (χ1v) is 9.45. The molecule has 164 valence electrons. The topological polar surface area (TPSA) is 144 Å². The van der Waals surface area contributed by atoms with E-state index in [0.717, 1.165) is 16.7 Å². The van der Waals surface area contributed by atoms with E-state index < -0.39 is 11.9 Å². The van der Waals surface area contributed by atoms with Crippen molar-refractivity contribution in [3.63, 3.8) is 0 Å². The highest BCUT2D eigenvalue weighted by Gasteiger charge is 2.20. The summed E-state index contributed by atoms with van der Waals surface area (Å²) >= 11 is 0. The third-order valence-corrected chi connectivity index (χ3v) is 4.67. The van der Waals surface area contributed by atoms with Crippen LogP contribution in [-0.4, -0.2) is 36.7 Å². The van der Waals surface area contributed by atoms with Crippen molar-refractivity contribution in [3.8, 4) is 11.1 Å². The summed E-state index contributed by atoms with van der Waals surface area (Å²) in [6.07, 6.45) is 0.782. The Balaban J connectivity index is 0.00000114. The number of nitrogens with two attached hydrogens (primary N) is 2. The molecule has 0 radical (unpaired) electrons. The zero-order chi connectivity index (χ0) is 23.8. The summed E-state index contributed by atoms with van der Waals surface area (Å²) in [6, 6.07) is 17.0. The minimum absolute atomic E-state index is 0.0155. The smallest absolute Gasteiger partial charge is 0.335 e. The van der Waals surface area contributed by atoms with Gasteiger partial charge in [0.05, 0.1) is 11.1 Å². The van der Waals surface area contributed by atoms with Crippen LogP contribution >= 0.6 is 0 Å². The van der Waals surface area contributed by atoms with Gasteiger partial charge in [0.15, 0.2) is 6.29 Å². The number of rotatable bonds is 5. The second kappa shape index (κ2) is 10.5. The fraction of sp³-hybridized carbons (Fsp3) is 0.0833. The lowest BCUT2D eigenvalue weighted by atomic mass is 10.0. The van der Waals surface area contributed by atoms with Crippen molar-refractivity contribution in [3.05, 3.63) is 82.9 Å². The molecule has 0 bridgehead atoms. The van der Waals surface area contributed by atoms with E-state index in [0.29, 0.717) is 17.7 Å². The van der Waals surface area contributed by atoms with Gasteiger partial charge in [-0.15, -0.1) is 0 Å². The molecule has 3 aromatic carbocycles. The monoisotopic (exact) mass is 433 g/mol. The van der Waals surface area contributed by atoms with Crippen molar-refractivity contribution in [2.75, 3.05) is 17.7 Å². The average molecular weight is 433 g/mol. The van der Waals surface area contributed by atoms with Gasteiger partial charge in [-0.25, -0.2) is 4.79 Å². The summed E-state index contributed by atoms with van der Waals surface area (Å²) in [5.74, 6) is -1.68. The van der Waals surface area contributed by atoms with E-state index in [4.69, 9.17) is 10.5 Å². The van der Waals surface area contributed by atoms with Crippen LogP contribution in [0.5, 0.6) is 0 Å². The van der Waals surface area contributed by atoms with E-state index in [2.05, 4.69) is 5.73 Å². The summed E-state index contributed by atoms with van der Waals surface area (Å²) in [7, 11) is 1.55. The number of carbonyl (C=O) groups excluding carboxylic acids is 3. The van der Waals surface area contributed by atoms with Crippen LogP contribution in [0, 0.1) is 6.92 Å². The molecular weight excluding hydrogens is 410 g/mol. The van der Waals surface area contributed by atoms with E-state index in [9.17, 15) is 19.5 Å². The first-order valence-electron chi connectivity index (χ1n) is 9.45. The maximum absolute atomic E-state index is 13.0. The zero-order valence-corrected chi connectivity index (χ0v) is 17.6. The third-order valence-electron chi connectivity index (χ3n) is 4.67. The van der Waals surface area contributed by atoms with Gasteiger partial charge in [0.1, 0.15) is 0 Å². The second-order valence-electron chi connectivity index (χ2n) is 6.90. The minimum atomic E-state index is -1.18. The molecule has 3 rings (SSSR count). The summed E-state index contributed by atoms with van der Waals surface area (Å²) in [5.41, 5.74) is 14.2. The van der Waals surface area contributed by atoms with Crippen LogP contribution in [0.4, 0.5) is 11.4 Å². The van der Waals surface area contributed by atoms with Crippen LogP contribution in [0.15, 0.2) is 60.7 Å². The molecule has 0 atom stereocenters. The molecule has 3 aromatic rings. The molecule has 0 aliphatic heterocycles. The summed E-state index contributed by atoms with van der Waals surface area (Å²) < 4.78 is 0. The molecule has 0 saturated heterocycles. The molecule has 5 N–H and O–H groups in total. The minimum Gasteiger partial charge on any atom is -0.478 e. The van der Waals surface area contributed by atoms with Gasteiger partial charge in [-0.1, -0.05) is 35.9 Å². The van der Waals surface area contributed by atoms with Gasteiger partial charge in [0.2, 0.25) is 6.41 Å². The number of nitrogens with zero attached hydrogens (tertiary/aromatic N) is 1. The Labute approximate surface area is 185 Å². The zero-order valence-electron chi connectivity index (χ0n) is 17.6. The fourth-order valence-corrected chi connectivity index (χ4v) is 3.02. The van der Waals surface area contributed by atoms with E-state index in [1.807, 2.05) is 43.3 Å². The summed E-state index contributed by atoms with van der Waals surface area (Å²) in [6.45, 7) is 2.00. The Morgan fingerprint density at radius 2 is 1.56 bits per heavy atom. The third kappa shape index (κ3) is 5.57. The van der Waals surface area contributed by atoms with Crippen LogP contribution in [0.1, 0.15) is 36.6 Å². The lowest BCUT2D eigenvalue weighted by Gasteiger charge is -2.20. The van der Waals surface area contributed by atoms with Gasteiger partial charge in [-0.2, -0.15) is 0 Å². The van der Waals surface area contributed by atoms with E-state index in [-0.39, 0.29) is 23.1 Å². The number of aldehydes is 1. The van der Waals surface area contributed by atoms with Crippen molar-refractivity contribution < 1.29 is 24.3 Å². The largest absolute Gasteiger partial charge is 0.478 e. The van der Waals surface area contributed by atoms with Gasteiger partial charge in [0, 0.05) is 24.0 Å². The molecule has 0 saturated carbocycles. The first kappa shape index (κ1) is 23.8. The van der Waals surface area contributed by atoms with Crippen molar-refractivity contribution >= 4 is 35.9 Å². The summed E-state index contributed by atoms with van der Waals surface area (Å²) in [5, 5.41) is 9.20. The maximum atomic E-state index is 13.0. The van der Waals surface area contributed by atoms with Gasteiger partial charge in [-0.05, 0) is 48.4 Å². The number of amides is 2. The van der Waals surface area contributed by atoms with E-state index in [1.54, 1.807) is 13.1 Å². The molecular formula is C24H23N3O5. The van der Waals surface area contributed by atoms with E-state index in [1.165, 1.54) is 23.1 Å². The number of nitrogen functional groups attached to an aromatic ring is 1. The molecule has 0 aliphatic carbocycles. The molecule has 8 heteroatoms. The molecule has 0 spiro atoms. The quantitative estimate of drug-likeness (QED) is 0.416. The highest BCUT2D eigenvalue weighted by molar-refractivity contribution is 6.11. The first-order chi connectivity index (χ1) is 15.2. The van der Waals surface area contributed by atoms with Crippen LogP contribution in [0.2, 0.25) is 0 Å². The number of aryl methyl sites for hydroxylation is 1. The fourth-order valence-electron chi connectivity index (χ4n) is 3.02. The highest BCUT2D eigenvalue weighted by atomic mass is 16.4. The van der Waals surface area contributed by atoms with Crippen LogP contribution in [0.3, 0.4) is 0 Å². The second-order valence-corrected chi connectivity index (χ2v) is 6.90. The molecule has 0 unspecified atom stereocenters. The van der Waals surface area contributed by atoms with Crippen molar-refractivity contribution in [1.29, 1.82) is 0 Å². The van der Waals surface area contributed by atoms with E-state index >= 15 is 0 Å². The van der Waals surface area contributed by atoms with Gasteiger partial charge in [0.25, 0.3) is 5.91 Å². The maximum Gasteiger partial charge on any atom is 0.335 e. The van der Waals surface area contributed by atoms with Crippen LogP contribution in [0.25, 0.3) is 11.1 Å². The van der Waals surface area contributed by atoms with Crippen LogP contribution in [-0.2, 0) is 4.79 Å². The Bertz CT molecular complexity index is 1160. The number of anilines is 2. The molecule has 8 nitrogen and oxygen atoms in total. The Morgan fingerprint density at radius 3 is 2.12 bits per heavy atom. The molecule has 0 fully saturated rings. The number of hydrogen-bond donors (Lipinski definition) is 3. The highest BCUT2D eigenvalue weighted by Crippen LogP contribution is 2.29. The lowest BCUT2D eigenvalue weighted by Crippen LogP contribution is -2.27. The number of primary amides is 1. The number of aromatic carboxylic acids is 1. The number of hydrogen-bond acceptors (Lipinski definition) is 5. The molecule has 2 amide bonds. The Kier molecular flexibility index (Phi) is 7.84. The number of carboxylic acids is 1. The molecule has 0 heterocycles. The van der Waals surface area contributed by atoms with Gasteiger partial charge >= 0.3 is 5.97 Å². The lowest BCUT2D eigenvalue weighted by molar-refractivity contribution is -0.106. The van der Waals surface area contributed by atoms with Crippen molar-refractivity contribution in [2.24, 2.45) is 5.73 Å². The molecule has 32 heavy (non-hydrogen) atoms. The predicted molar refractivity (Wildman–Crippen MR) is 123 cm³/mol. The summed E-state index contributed by atoms with van der Waals surface area (Å²) in [4.78, 5) is 45.6. The van der Waals surface area contributed by atoms with Crippen LogP contribution < -0.4 is 16.4 Å². The molecule has 0 aromatic heterocycles. The average Bonchev–Trinajstić information content (AvgIpc) is 2.78. The van der Waals surface area contributed by atoms with Gasteiger partial charge in [-0.3, -0.25) is 14.4 Å². The number of benzene rings is 3. The number of carbonyl (C=O) groups is 4. The Hall–Kier alpha value is -4.46. The molecule has 0 aliphatic rings. The SMILES string of the molecule is Cc1ccc(-c2cc(N)cc(N(C)C(=O)c3cc(C(=O)O)ccc3C=O)c2)cc1.NC=O. The standard InChI is InChI=1S/C23H20N2O4.CH3NO/c1-14-3-5-15(6-4-14)18-9-19(24)12-20(10-18)25(2)22(27)21-11-16(23(28)29)7-8-17(21)13-26;2-1-3/h3-13H,24H2,1-2H3,(H,28,29);1H,(H2,2,3). The normalized spacial score (nSPS) is 9.81. The van der Waals surface area contributed by atoms with Crippen molar-refractivity contribution in [1.82, 2.24) is 0 Å². The predicted octanol–water partition coefficient (Wildman–Crippen LogP) is 3.13. The number of carboxylic acid groups (broad SMARTS) is 1.